The number of aromatic nitrogens is 3. The third-order valence-electron chi connectivity index (χ3n) is 5.42. The lowest BCUT2D eigenvalue weighted by molar-refractivity contribution is -0.383. The van der Waals surface area contributed by atoms with E-state index in [1.165, 1.54) is 6.33 Å². The molecule has 0 aliphatic carbocycles. The van der Waals surface area contributed by atoms with E-state index in [-0.39, 0.29) is 10.6 Å². The van der Waals surface area contributed by atoms with Gasteiger partial charge in [0.25, 0.3) is 0 Å². The Hall–Kier alpha value is -2.97. The quantitative estimate of drug-likeness (QED) is 0.587. The van der Waals surface area contributed by atoms with E-state index < -0.39 is 0 Å². The number of pyridine rings is 1. The third kappa shape index (κ3) is 3.83. The van der Waals surface area contributed by atoms with Crippen molar-refractivity contribution in [3.8, 4) is 0 Å². The van der Waals surface area contributed by atoms with Crippen LogP contribution in [0.4, 0.5) is 23.1 Å². The normalized spacial score (nSPS) is 18.1. The van der Waals surface area contributed by atoms with E-state index in [1.54, 1.807) is 6.20 Å². The van der Waals surface area contributed by atoms with Crippen LogP contribution in [0.2, 0.25) is 0 Å². The summed E-state index contributed by atoms with van der Waals surface area (Å²) in [7, 11) is 0. The Kier molecular flexibility index (Phi) is 5.50. The zero-order valence-corrected chi connectivity index (χ0v) is 15.9. The topological polar surface area (TPSA) is 91.5 Å². The van der Waals surface area contributed by atoms with Crippen molar-refractivity contribution < 1.29 is 4.92 Å². The molecule has 2 aliphatic rings. The van der Waals surface area contributed by atoms with Crippen molar-refractivity contribution in [3.05, 3.63) is 40.8 Å². The largest absolute Gasteiger partial charge is 0.353 e. The molecule has 28 heavy (non-hydrogen) atoms. The minimum absolute atomic E-state index is 0.0377. The second-order valence-corrected chi connectivity index (χ2v) is 7.19. The monoisotopic (exact) mass is 383 g/mol. The molecule has 0 amide bonds. The lowest BCUT2D eigenvalue weighted by Crippen LogP contribution is -2.47. The molecule has 0 bridgehead atoms. The molecule has 2 aromatic heterocycles. The Morgan fingerprint density at radius 1 is 0.786 bits per heavy atom. The standard InChI is InChI=1S/C19H25N7O2/c27-26(28)17-18(24-9-5-1-2-6-10-24)21-15-22-19(17)25-13-11-23(12-14-25)16-7-3-4-8-20-16/h3-4,7-8,15H,1-2,5-6,9-14H2. The molecule has 0 aromatic carbocycles. The molecular formula is C19H25N7O2. The van der Waals surface area contributed by atoms with Gasteiger partial charge >= 0.3 is 5.69 Å². The lowest BCUT2D eigenvalue weighted by Gasteiger charge is -2.36. The Morgan fingerprint density at radius 2 is 1.39 bits per heavy atom. The molecule has 2 fully saturated rings. The van der Waals surface area contributed by atoms with Crippen LogP contribution in [0.15, 0.2) is 30.7 Å². The third-order valence-corrected chi connectivity index (χ3v) is 5.42. The molecule has 0 spiro atoms. The van der Waals surface area contributed by atoms with Crippen molar-refractivity contribution in [2.75, 3.05) is 54.0 Å². The minimum atomic E-state index is -0.319. The van der Waals surface area contributed by atoms with Crippen LogP contribution in [0.1, 0.15) is 25.7 Å². The maximum absolute atomic E-state index is 12.0. The average Bonchev–Trinajstić information content (AvgIpc) is 3.03. The van der Waals surface area contributed by atoms with E-state index in [2.05, 4.69) is 24.8 Å². The number of piperazine rings is 1. The first kappa shape index (κ1) is 18.4. The first-order valence-electron chi connectivity index (χ1n) is 9.89. The van der Waals surface area contributed by atoms with Gasteiger partial charge in [-0.3, -0.25) is 10.1 Å². The number of nitrogens with zero attached hydrogens (tertiary/aromatic N) is 7. The van der Waals surface area contributed by atoms with Gasteiger partial charge in [0.15, 0.2) is 0 Å². The smallest absolute Gasteiger partial charge is 0.353 e. The number of anilines is 3. The molecule has 0 unspecified atom stereocenters. The van der Waals surface area contributed by atoms with E-state index in [9.17, 15) is 10.1 Å². The van der Waals surface area contributed by atoms with Gasteiger partial charge in [-0.05, 0) is 25.0 Å². The van der Waals surface area contributed by atoms with Crippen LogP contribution in [0.3, 0.4) is 0 Å². The fourth-order valence-corrected chi connectivity index (χ4v) is 3.96. The number of hydrogen-bond acceptors (Lipinski definition) is 8. The summed E-state index contributed by atoms with van der Waals surface area (Å²) in [5, 5.41) is 12.0. The SMILES string of the molecule is O=[N+]([O-])c1c(N2CCCCCC2)ncnc1N1CCN(c2ccccn2)CC1. The van der Waals surface area contributed by atoms with Gasteiger partial charge in [-0.25, -0.2) is 15.0 Å². The Labute approximate surface area is 164 Å². The average molecular weight is 383 g/mol. The van der Waals surface area contributed by atoms with Crippen molar-refractivity contribution in [1.82, 2.24) is 15.0 Å². The highest BCUT2D eigenvalue weighted by atomic mass is 16.6. The Morgan fingerprint density at radius 3 is 1.96 bits per heavy atom. The van der Waals surface area contributed by atoms with Gasteiger partial charge in [-0.1, -0.05) is 18.9 Å². The van der Waals surface area contributed by atoms with Crippen molar-refractivity contribution in [2.24, 2.45) is 0 Å². The van der Waals surface area contributed by atoms with Crippen molar-refractivity contribution in [3.63, 3.8) is 0 Å². The maximum Gasteiger partial charge on any atom is 0.353 e. The van der Waals surface area contributed by atoms with E-state index in [0.717, 1.165) is 57.7 Å². The van der Waals surface area contributed by atoms with Crippen LogP contribution in [0.25, 0.3) is 0 Å². The van der Waals surface area contributed by atoms with E-state index in [0.29, 0.717) is 24.7 Å². The predicted molar refractivity (Wildman–Crippen MR) is 108 cm³/mol. The van der Waals surface area contributed by atoms with Crippen molar-refractivity contribution in [2.45, 2.75) is 25.7 Å². The molecule has 9 heteroatoms. The van der Waals surface area contributed by atoms with Gasteiger partial charge in [0.1, 0.15) is 12.1 Å². The molecular weight excluding hydrogens is 358 g/mol. The van der Waals surface area contributed by atoms with Gasteiger partial charge in [-0.2, -0.15) is 0 Å². The second kappa shape index (κ2) is 8.37. The zero-order chi connectivity index (χ0) is 19.3. The minimum Gasteiger partial charge on any atom is -0.353 e. The summed E-state index contributed by atoms with van der Waals surface area (Å²) in [6.07, 6.45) is 7.66. The number of rotatable bonds is 4. The first-order chi connectivity index (χ1) is 13.7. The highest BCUT2D eigenvalue weighted by molar-refractivity contribution is 5.71. The highest BCUT2D eigenvalue weighted by Crippen LogP contribution is 2.35. The van der Waals surface area contributed by atoms with Crippen LogP contribution in [-0.4, -0.2) is 59.1 Å². The molecule has 2 aromatic rings. The molecule has 0 radical (unpaired) electrons. The molecule has 0 atom stereocenters. The Balaban J connectivity index is 1.56. The van der Waals surface area contributed by atoms with Crippen molar-refractivity contribution in [1.29, 1.82) is 0 Å². The van der Waals surface area contributed by atoms with Gasteiger partial charge in [0.2, 0.25) is 11.6 Å². The fraction of sp³-hybridized carbons (Fsp3) is 0.526. The summed E-state index contributed by atoms with van der Waals surface area (Å²) in [6, 6.07) is 5.85. The summed E-state index contributed by atoms with van der Waals surface area (Å²) >= 11 is 0. The number of nitro groups is 1. The molecule has 2 saturated heterocycles. The molecule has 0 N–H and O–H groups in total. The summed E-state index contributed by atoms with van der Waals surface area (Å²) in [5.74, 6) is 1.83. The van der Waals surface area contributed by atoms with Gasteiger partial charge in [0.05, 0.1) is 4.92 Å². The van der Waals surface area contributed by atoms with Crippen LogP contribution >= 0.6 is 0 Å². The van der Waals surface area contributed by atoms with Crippen molar-refractivity contribution >= 4 is 23.1 Å². The van der Waals surface area contributed by atoms with Crippen LogP contribution in [0, 0.1) is 10.1 Å². The lowest BCUT2D eigenvalue weighted by atomic mass is 10.2. The Bertz CT molecular complexity index is 801. The maximum atomic E-state index is 12.0. The van der Waals surface area contributed by atoms with Gasteiger partial charge in [-0.15, -0.1) is 0 Å². The molecule has 0 saturated carbocycles. The van der Waals surface area contributed by atoms with Gasteiger partial charge < -0.3 is 14.7 Å². The zero-order valence-electron chi connectivity index (χ0n) is 15.9. The van der Waals surface area contributed by atoms with E-state index >= 15 is 0 Å². The summed E-state index contributed by atoms with van der Waals surface area (Å²) < 4.78 is 0. The van der Waals surface area contributed by atoms with E-state index in [1.807, 2.05) is 23.1 Å². The van der Waals surface area contributed by atoms with Crippen LogP contribution in [-0.2, 0) is 0 Å². The molecule has 4 heterocycles. The number of hydrogen-bond donors (Lipinski definition) is 0. The molecule has 148 valence electrons. The van der Waals surface area contributed by atoms with Crippen LogP contribution in [0.5, 0.6) is 0 Å². The van der Waals surface area contributed by atoms with Gasteiger partial charge in [0, 0.05) is 45.5 Å². The molecule has 2 aliphatic heterocycles. The second-order valence-electron chi connectivity index (χ2n) is 7.19. The summed E-state index contributed by atoms with van der Waals surface area (Å²) in [4.78, 5) is 30.9. The first-order valence-corrected chi connectivity index (χ1v) is 9.89. The predicted octanol–water partition coefficient (Wildman–Crippen LogP) is 2.49. The summed E-state index contributed by atoms with van der Waals surface area (Å²) in [6.45, 7) is 4.44. The van der Waals surface area contributed by atoms with E-state index in [4.69, 9.17) is 0 Å². The molecule has 4 rings (SSSR count). The molecule has 9 nitrogen and oxygen atoms in total. The fourth-order valence-electron chi connectivity index (χ4n) is 3.96. The highest BCUT2D eigenvalue weighted by Gasteiger charge is 2.31. The van der Waals surface area contributed by atoms with Crippen LogP contribution < -0.4 is 14.7 Å². The summed E-state index contributed by atoms with van der Waals surface area (Å²) in [5.41, 5.74) is 0.0377.